The summed E-state index contributed by atoms with van der Waals surface area (Å²) < 4.78 is 11.3. The van der Waals surface area contributed by atoms with Crippen LogP contribution < -0.4 is 0 Å². The van der Waals surface area contributed by atoms with E-state index in [1.54, 1.807) is 30.3 Å². The molecule has 0 amide bonds. The highest BCUT2D eigenvalue weighted by Gasteiger charge is 2.27. The lowest BCUT2D eigenvalue weighted by atomic mass is 10.2. The molecular formula is C9H11O3P. The number of carbonyl (C=O) groups excluding carboxylic acids is 1. The molecule has 0 aromatic heterocycles. The first-order valence-electron chi connectivity index (χ1n) is 3.99. The van der Waals surface area contributed by atoms with E-state index in [2.05, 4.69) is 0 Å². The molecule has 1 atom stereocenters. The van der Waals surface area contributed by atoms with Gasteiger partial charge in [-0.1, -0.05) is 37.3 Å². The second kappa shape index (κ2) is 3.86. The SMILES string of the molecule is CCP(=O)(O)C(=O)c1ccccc1. The molecule has 0 saturated carbocycles. The van der Waals surface area contributed by atoms with Gasteiger partial charge in [0.1, 0.15) is 0 Å². The summed E-state index contributed by atoms with van der Waals surface area (Å²) in [7, 11) is -3.63. The topological polar surface area (TPSA) is 54.4 Å². The standard InChI is InChI=1S/C9H11O3P/c1-2-13(11,12)9(10)8-6-4-3-5-7-8/h3-7H,2H2,1H3,(H,11,12). The Kier molecular flexibility index (Phi) is 3.02. The molecule has 1 N–H and O–H groups in total. The second-order valence-electron chi connectivity index (χ2n) is 2.69. The van der Waals surface area contributed by atoms with Crippen molar-refractivity contribution in [1.82, 2.24) is 0 Å². The third kappa shape index (κ3) is 2.27. The van der Waals surface area contributed by atoms with Gasteiger partial charge in [0.15, 0.2) is 0 Å². The molecule has 0 heterocycles. The fourth-order valence-electron chi connectivity index (χ4n) is 0.926. The van der Waals surface area contributed by atoms with Crippen LogP contribution in [0.15, 0.2) is 30.3 Å². The highest BCUT2D eigenvalue weighted by Crippen LogP contribution is 2.43. The highest BCUT2D eigenvalue weighted by molar-refractivity contribution is 7.76. The summed E-state index contributed by atoms with van der Waals surface area (Å²) in [6.45, 7) is 1.53. The van der Waals surface area contributed by atoms with Crippen LogP contribution in [0.3, 0.4) is 0 Å². The van der Waals surface area contributed by atoms with Gasteiger partial charge in [-0.2, -0.15) is 0 Å². The Labute approximate surface area is 76.9 Å². The minimum atomic E-state index is -3.63. The lowest BCUT2D eigenvalue weighted by Crippen LogP contribution is -2.01. The Morgan fingerprint density at radius 3 is 2.38 bits per heavy atom. The van der Waals surface area contributed by atoms with Gasteiger partial charge in [0.05, 0.1) is 0 Å². The minimum Gasteiger partial charge on any atom is -0.339 e. The maximum absolute atomic E-state index is 11.4. The van der Waals surface area contributed by atoms with Gasteiger partial charge in [0.25, 0.3) is 7.37 Å². The van der Waals surface area contributed by atoms with Gasteiger partial charge in [-0.3, -0.25) is 9.36 Å². The maximum atomic E-state index is 11.4. The van der Waals surface area contributed by atoms with Crippen molar-refractivity contribution in [3.63, 3.8) is 0 Å². The van der Waals surface area contributed by atoms with E-state index >= 15 is 0 Å². The Bertz CT molecular complexity index is 345. The summed E-state index contributed by atoms with van der Waals surface area (Å²) in [6.07, 6.45) is -0.0132. The average molecular weight is 198 g/mol. The summed E-state index contributed by atoms with van der Waals surface area (Å²) in [5.41, 5.74) is -0.356. The maximum Gasteiger partial charge on any atom is 0.268 e. The third-order valence-corrected chi connectivity index (χ3v) is 3.52. The molecule has 0 bridgehead atoms. The first kappa shape index (κ1) is 10.2. The predicted molar refractivity (Wildman–Crippen MR) is 51.1 cm³/mol. The fraction of sp³-hybridized carbons (Fsp3) is 0.222. The monoisotopic (exact) mass is 198 g/mol. The zero-order chi connectivity index (χ0) is 9.90. The van der Waals surface area contributed by atoms with Crippen molar-refractivity contribution in [1.29, 1.82) is 0 Å². The van der Waals surface area contributed by atoms with Gasteiger partial charge in [-0.05, 0) is 0 Å². The summed E-state index contributed by atoms with van der Waals surface area (Å²) in [4.78, 5) is 20.6. The molecule has 70 valence electrons. The molecule has 1 aromatic carbocycles. The third-order valence-electron chi connectivity index (χ3n) is 1.77. The first-order chi connectivity index (χ1) is 6.08. The summed E-state index contributed by atoms with van der Waals surface area (Å²) in [5.74, 6) is 0. The fourth-order valence-corrected chi connectivity index (χ4v) is 1.77. The number of benzene rings is 1. The second-order valence-corrected chi connectivity index (χ2v) is 5.13. The molecule has 0 aliphatic carbocycles. The minimum absolute atomic E-state index is 0.0132. The van der Waals surface area contributed by atoms with Crippen LogP contribution in [0, 0.1) is 0 Å². The normalized spacial score (nSPS) is 14.9. The molecule has 0 aliphatic rings. The molecule has 0 radical (unpaired) electrons. The molecule has 3 nitrogen and oxygen atoms in total. The van der Waals surface area contributed by atoms with Crippen LogP contribution in [0.1, 0.15) is 17.3 Å². The van der Waals surface area contributed by atoms with Gasteiger partial charge in [-0.25, -0.2) is 0 Å². The lowest BCUT2D eigenvalue weighted by molar-refractivity contribution is 0.106. The van der Waals surface area contributed by atoms with Crippen molar-refractivity contribution >= 4 is 12.9 Å². The molecule has 4 heteroatoms. The van der Waals surface area contributed by atoms with E-state index in [1.807, 2.05) is 0 Å². The van der Waals surface area contributed by atoms with E-state index in [0.29, 0.717) is 5.56 Å². The number of hydrogen-bond donors (Lipinski definition) is 1. The van der Waals surface area contributed by atoms with Crippen LogP contribution in [0.25, 0.3) is 0 Å². The van der Waals surface area contributed by atoms with E-state index < -0.39 is 12.9 Å². The zero-order valence-electron chi connectivity index (χ0n) is 7.30. The van der Waals surface area contributed by atoms with Crippen molar-refractivity contribution in [2.45, 2.75) is 6.92 Å². The number of hydrogen-bond acceptors (Lipinski definition) is 2. The largest absolute Gasteiger partial charge is 0.339 e. The molecular weight excluding hydrogens is 187 g/mol. The molecule has 1 rings (SSSR count). The van der Waals surface area contributed by atoms with Crippen molar-refractivity contribution in [2.24, 2.45) is 0 Å². The summed E-state index contributed by atoms with van der Waals surface area (Å²) in [6, 6.07) is 8.18. The molecule has 0 spiro atoms. The van der Waals surface area contributed by atoms with Gasteiger partial charge in [-0.15, -0.1) is 0 Å². The van der Waals surface area contributed by atoms with Crippen LogP contribution in [0.2, 0.25) is 0 Å². The van der Waals surface area contributed by atoms with Crippen LogP contribution in [-0.4, -0.2) is 16.6 Å². The van der Waals surface area contributed by atoms with E-state index in [-0.39, 0.29) is 6.16 Å². The lowest BCUT2D eigenvalue weighted by Gasteiger charge is -2.06. The van der Waals surface area contributed by atoms with Crippen molar-refractivity contribution < 1.29 is 14.3 Å². The molecule has 0 saturated heterocycles. The highest BCUT2D eigenvalue weighted by atomic mass is 31.2. The van der Waals surface area contributed by atoms with Crippen molar-refractivity contribution in [2.75, 3.05) is 6.16 Å². The van der Waals surface area contributed by atoms with Crippen LogP contribution in [-0.2, 0) is 4.57 Å². The van der Waals surface area contributed by atoms with Crippen LogP contribution in [0.4, 0.5) is 0 Å². The Balaban J connectivity index is 3.00. The Morgan fingerprint density at radius 2 is 1.92 bits per heavy atom. The Hall–Kier alpha value is -0.920. The quantitative estimate of drug-likeness (QED) is 0.757. The van der Waals surface area contributed by atoms with Crippen molar-refractivity contribution in [3.05, 3.63) is 35.9 Å². The first-order valence-corrected chi connectivity index (χ1v) is 5.84. The van der Waals surface area contributed by atoms with Crippen LogP contribution >= 0.6 is 7.37 Å². The average Bonchev–Trinajstić information content (AvgIpc) is 2.18. The number of rotatable bonds is 3. The summed E-state index contributed by atoms with van der Waals surface area (Å²) >= 11 is 0. The van der Waals surface area contributed by atoms with E-state index in [0.717, 1.165) is 0 Å². The van der Waals surface area contributed by atoms with E-state index in [9.17, 15) is 14.3 Å². The van der Waals surface area contributed by atoms with Gasteiger partial charge in [0.2, 0.25) is 5.52 Å². The van der Waals surface area contributed by atoms with E-state index in [4.69, 9.17) is 0 Å². The molecule has 13 heavy (non-hydrogen) atoms. The van der Waals surface area contributed by atoms with Crippen LogP contribution in [0.5, 0.6) is 0 Å². The smallest absolute Gasteiger partial charge is 0.268 e. The van der Waals surface area contributed by atoms with Gasteiger partial charge in [0, 0.05) is 11.7 Å². The summed E-state index contributed by atoms with van der Waals surface area (Å²) in [5, 5.41) is 0. The molecule has 1 unspecified atom stereocenters. The van der Waals surface area contributed by atoms with Gasteiger partial charge < -0.3 is 4.89 Å². The van der Waals surface area contributed by atoms with Crippen molar-refractivity contribution in [3.8, 4) is 0 Å². The molecule has 0 fully saturated rings. The predicted octanol–water partition coefficient (Wildman–Crippen LogP) is 2.12. The van der Waals surface area contributed by atoms with Gasteiger partial charge >= 0.3 is 0 Å². The Morgan fingerprint density at radius 1 is 1.38 bits per heavy atom. The number of carbonyl (C=O) groups is 1. The zero-order valence-corrected chi connectivity index (χ0v) is 8.20. The molecule has 1 aromatic rings. The molecule has 0 aliphatic heterocycles. The van der Waals surface area contributed by atoms with E-state index in [1.165, 1.54) is 6.92 Å².